The Bertz CT molecular complexity index is 637. The zero-order valence-corrected chi connectivity index (χ0v) is 12.6. The van der Waals surface area contributed by atoms with E-state index in [0.29, 0.717) is 6.54 Å². The molecule has 4 heteroatoms. The zero-order chi connectivity index (χ0) is 15.1. The molecule has 0 aliphatic carbocycles. The van der Waals surface area contributed by atoms with E-state index in [4.69, 9.17) is 21.6 Å². The summed E-state index contributed by atoms with van der Waals surface area (Å²) in [7, 11) is 0. The second-order valence-corrected chi connectivity index (χ2v) is 5.15. The Hall–Kier alpha value is -2.02. The lowest BCUT2D eigenvalue weighted by molar-refractivity contribution is 0.361. The van der Waals surface area contributed by atoms with Gasteiger partial charge >= 0.3 is 0 Å². The Labute approximate surface area is 130 Å². The molecule has 2 aromatic rings. The van der Waals surface area contributed by atoms with E-state index in [-0.39, 0.29) is 12.6 Å². The van der Waals surface area contributed by atoms with Crippen LogP contribution in [-0.4, -0.2) is 6.61 Å². The van der Waals surface area contributed by atoms with Gasteiger partial charge in [-0.2, -0.15) is 5.26 Å². The molecule has 3 nitrogen and oxygen atoms in total. The van der Waals surface area contributed by atoms with Gasteiger partial charge in [0.1, 0.15) is 11.8 Å². The number of halogens is 1. The Morgan fingerprint density at radius 3 is 2.81 bits per heavy atom. The molecular weight excluding hydrogens is 284 g/mol. The lowest BCUT2D eigenvalue weighted by Crippen LogP contribution is -2.18. The fourth-order valence-corrected chi connectivity index (χ4v) is 2.26. The Morgan fingerprint density at radius 2 is 2.05 bits per heavy atom. The number of hydrogen-bond acceptors (Lipinski definition) is 3. The van der Waals surface area contributed by atoms with Gasteiger partial charge in [-0.25, -0.2) is 0 Å². The van der Waals surface area contributed by atoms with E-state index in [1.54, 1.807) is 0 Å². The Morgan fingerprint density at radius 1 is 1.24 bits per heavy atom. The predicted octanol–water partition coefficient (Wildman–Crippen LogP) is 4.09. The number of nitriles is 1. The molecule has 2 aromatic carbocycles. The molecule has 1 unspecified atom stereocenters. The van der Waals surface area contributed by atoms with Crippen molar-refractivity contribution in [3.05, 3.63) is 64.7 Å². The van der Waals surface area contributed by atoms with Crippen molar-refractivity contribution in [2.45, 2.75) is 19.5 Å². The Balaban J connectivity index is 2.01. The van der Waals surface area contributed by atoms with Gasteiger partial charge < -0.3 is 10.1 Å². The summed E-state index contributed by atoms with van der Waals surface area (Å²) in [5.74, 6) is 0.741. The minimum Gasteiger partial charge on any atom is -0.478 e. The van der Waals surface area contributed by atoms with Crippen LogP contribution in [0.25, 0.3) is 0 Å². The summed E-state index contributed by atoms with van der Waals surface area (Å²) in [6, 6.07) is 17.7. The van der Waals surface area contributed by atoms with Crippen molar-refractivity contribution >= 4 is 11.6 Å². The molecule has 1 atom stereocenters. The maximum absolute atomic E-state index is 8.61. The number of nitrogens with zero attached hydrogens (tertiary/aromatic N) is 1. The van der Waals surface area contributed by atoms with E-state index in [1.807, 2.05) is 54.6 Å². The predicted molar refractivity (Wildman–Crippen MR) is 84.3 cm³/mol. The van der Waals surface area contributed by atoms with E-state index in [0.717, 1.165) is 21.9 Å². The van der Waals surface area contributed by atoms with Crippen molar-refractivity contribution in [2.24, 2.45) is 0 Å². The van der Waals surface area contributed by atoms with Crippen LogP contribution >= 0.6 is 11.6 Å². The normalized spacial score (nSPS) is 11.7. The van der Waals surface area contributed by atoms with Gasteiger partial charge in [-0.15, -0.1) is 0 Å². The van der Waals surface area contributed by atoms with Crippen LogP contribution < -0.4 is 10.1 Å². The second-order valence-electron chi connectivity index (χ2n) is 4.71. The Kier molecular flexibility index (Phi) is 5.62. The number of nitrogens with one attached hydrogen (secondary N) is 1. The quantitative estimate of drug-likeness (QED) is 0.874. The maximum Gasteiger partial charge on any atom is 0.174 e. The first-order valence-electron chi connectivity index (χ1n) is 6.77. The fraction of sp³-hybridized carbons (Fsp3) is 0.235. The van der Waals surface area contributed by atoms with Crippen molar-refractivity contribution in [3.8, 4) is 11.8 Å². The molecule has 2 rings (SSSR count). The lowest BCUT2D eigenvalue weighted by Gasteiger charge is -2.16. The van der Waals surface area contributed by atoms with Crippen molar-refractivity contribution in [1.82, 2.24) is 5.32 Å². The summed E-state index contributed by atoms with van der Waals surface area (Å²) in [6.07, 6.45) is 0. The average Bonchev–Trinajstić information content (AvgIpc) is 2.51. The summed E-state index contributed by atoms with van der Waals surface area (Å²) >= 11 is 6.01. The summed E-state index contributed by atoms with van der Waals surface area (Å²) in [5, 5.41) is 12.8. The number of para-hydroxylation sites is 1. The van der Waals surface area contributed by atoms with Gasteiger partial charge in [0.2, 0.25) is 0 Å². The summed E-state index contributed by atoms with van der Waals surface area (Å²) in [5.41, 5.74) is 2.17. The molecule has 0 saturated heterocycles. The van der Waals surface area contributed by atoms with Gasteiger partial charge in [-0.3, -0.25) is 0 Å². The van der Waals surface area contributed by atoms with E-state index < -0.39 is 0 Å². The van der Waals surface area contributed by atoms with Crippen molar-refractivity contribution < 1.29 is 4.74 Å². The van der Waals surface area contributed by atoms with Gasteiger partial charge in [0.15, 0.2) is 6.61 Å². The number of ether oxygens (including phenoxy) is 1. The number of benzene rings is 2. The molecular formula is C17H17ClN2O. The highest BCUT2D eigenvalue weighted by molar-refractivity contribution is 6.30. The summed E-state index contributed by atoms with van der Waals surface area (Å²) < 4.78 is 5.42. The third-order valence-electron chi connectivity index (χ3n) is 3.21. The second kappa shape index (κ2) is 7.68. The zero-order valence-electron chi connectivity index (χ0n) is 11.8. The first kappa shape index (κ1) is 15.4. The molecule has 1 N–H and O–H groups in total. The van der Waals surface area contributed by atoms with Crippen LogP contribution in [0.2, 0.25) is 5.02 Å². The molecule has 0 saturated carbocycles. The molecule has 0 bridgehead atoms. The van der Waals surface area contributed by atoms with Crippen LogP contribution in [0, 0.1) is 11.3 Å². The van der Waals surface area contributed by atoms with Gasteiger partial charge in [0.05, 0.1) is 0 Å². The minimum absolute atomic E-state index is 0.0564. The highest BCUT2D eigenvalue weighted by atomic mass is 35.5. The fourth-order valence-electron chi connectivity index (χ4n) is 2.06. The summed E-state index contributed by atoms with van der Waals surface area (Å²) in [4.78, 5) is 0. The molecule has 108 valence electrons. The molecule has 0 aliphatic rings. The van der Waals surface area contributed by atoms with Gasteiger partial charge in [-0.05, 0) is 30.7 Å². The van der Waals surface area contributed by atoms with Gasteiger partial charge in [0, 0.05) is 23.2 Å². The molecule has 0 amide bonds. The molecule has 0 spiro atoms. The van der Waals surface area contributed by atoms with Crippen molar-refractivity contribution in [3.63, 3.8) is 0 Å². The molecule has 0 heterocycles. The van der Waals surface area contributed by atoms with E-state index in [2.05, 4.69) is 12.2 Å². The van der Waals surface area contributed by atoms with Crippen molar-refractivity contribution in [2.75, 3.05) is 6.61 Å². The van der Waals surface area contributed by atoms with E-state index >= 15 is 0 Å². The highest BCUT2D eigenvalue weighted by Gasteiger charge is 2.08. The number of hydrogen-bond donors (Lipinski definition) is 1. The standard InChI is InChI=1S/C17H17ClN2O/c1-13(14-6-4-7-16(18)11-14)20-12-15-5-2-3-8-17(15)21-10-9-19/h2-8,11,13,20H,10,12H2,1H3. The van der Waals surface area contributed by atoms with Gasteiger partial charge in [-0.1, -0.05) is 41.9 Å². The monoisotopic (exact) mass is 300 g/mol. The van der Waals surface area contributed by atoms with E-state index in [1.165, 1.54) is 0 Å². The van der Waals surface area contributed by atoms with Crippen LogP contribution in [0.5, 0.6) is 5.75 Å². The van der Waals surface area contributed by atoms with Crippen LogP contribution in [0.4, 0.5) is 0 Å². The average molecular weight is 301 g/mol. The smallest absolute Gasteiger partial charge is 0.174 e. The molecule has 0 aliphatic heterocycles. The highest BCUT2D eigenvalue weighted by Crippen LogP contribution is 2.21. The molecule has 21 heavy (non-hydrogen) atoms. The molecule has 0 fully saturated rings. The third kappa shape index (κ3) is 4.49. The molecule has 0 aromatic heterocycles. The van der Waals surface area contributed by atoms with Gasteiger partial charge in [0.25, 0.3) is 0 Å². The summed E-state index contributed by atoms with van der Waals surface area (Å²) in [6.45, 7) is 2.81. The van der Waals surface area contributed by atoms with Crippen molar-refractivity contribution in [1.29, 1.82) is 5.26 Å². The first-order chi connectivity index (χ1) is 10.2. The largest absolute Gasteiger partial charge is 0.478 e. The topological polar surface area (TPSA) is 45.0 Å². The van der Waals surface area contributed by atoms with Crippen LogP contribution in [-0.2, 0) is 6.54 Å². The minimum atomic E-state index is 0.0564. The van der Waals surface area contributed by atoms with Crippen LogP contribution in [0.15, 0.2) is 48.5 Å². The van der Waals surface area contributed by atoms with Crippen LogP contribution in [0.1, 0.15) is 24.1 Å². The molecule has 0 radical (unpaired) electrons. The van der Waals surface area contributed by atoms with E-state index in [9.17, 15) is 0 Å². The third-order valence-corrected chi connectivity index (χ3v) is 3.45. The number of rotatable bonds is 6. The first-order valence-corrected chi connectivity index (χ1v) is 7.15. The lowest BCUT2D eigenvalue weighted by atomic mass is 10.1. The van der Waals surface area contributed by atoms with Crippen LogP contribution in [0.3, 0.4) is 0 Å². The maximum atomic E-state index is 8.61. The SMILES string of the molecule is CC(NCc1ccccc1OCC#N)c1cccc(Cl)c1.